The summed E-state index contributed by atoms with van der Waals surface area (Å²) in [7, 11) is -2.84. The lowest BCUT2D eigenvalue weighted by atomic mass is 9.97. The fraction of sp³-hybridized carbons (Fsp3) is 0.727. The summed E-state index contributed by atoms with van der Waals surface area (Å²) in [6.07, 6.45) is 5.03. The van der Waals surface area contributed by atoms with Gasteiger partial charge >= 0.3 is 0 Å². The zero-order valence-corrected chi connectivity index (χ0v) is 10.9. The van der Waals surface area contributed by atoms with E-state index in [0.717, 1.165) is 12.4 Å². The first-order chi connectivity index (χ1) is 8.02. The van der Waals surface area contributed by atoms with Crippen molar-refractivity contribution in [2.45, 2.75) is 32.4 Å². The monoisotopic (exact) mass is 257 g/mol. The number of nitrogens with two attached hydrogens (primary N) is 1. The number of aromatic nitrogens is 2. The maximum atomic E-state index is 11.4. The number of nitrogens with zero attached hydrogens (tertiary/aromatic N) is 2. The summed E-state index contributed by atoms with van der Waals surface area (Å²) in [6, 6.07) is -0.111. The molecule has 1 aliphatic heterocycles. The Kier molecular flexibility index (Phi) is 3.53. The molecule has 0 saturated carbocycles. The summed E-state index contributed by atoms with van der Waals surface area (Å²) in [5, 5.41) is 0. The third kappa shape index (κ3) is 2.87. The Labute approximate surface area is 102 Å². The van der Waals surface area contributed by atoms with Gasteiger partial charge in [0.15, 0.2) is 9.84 Å². The quantitative estimate of drug-likeness (QED) is 0.836. The fourth-order valence-corrected chi connectivity index (χ4v) is 4.25. The standard InChI is InChI=1S/C11H19N3O2S/c1-2-14-5-4-13-11(14)7-10(12)9-3-6-17(15,16)8-9/h4-5,9-10H,2-3,6-8,12H2,1H3. The average molecular weight is 257 g/mol. The molecule has 2 heterocycles. The number of imidazole rings is 1. The molecule has 1 fully saturated rings. The lowest BCUT2D eigenvalue weighted by molar-refractivity contribution is 0.447. The van der Waals surface area contributed by atoms with Crippen LogP contribution in [0.2, 0.25) is 0 Å². The Morgan fingerprint density at radius 2 is 2.41 bits per heavy atom. The van der Waals surface area contributed by atoms with E-state index in [2.05, 4.69) is 11.9 Å². The molecule has 96 valence electrons. The first-order valence-corrected chi connectivity index (χ1v) is 7.80. The van der Waals surface area contributed by atoms with Crippen molar-refractivity contribution >= 4 is 9.84 Å². The van der Waals surface area contributed by atoms with E-state index in [1.807, 2.05) is 10.8 Å². The second-order valence-electron chi connectivity index (χ2n) is 4.66. The Hall–Kier alpha value is -0.880. The van der Waals surface area contributed by atoms with E-state index < -0.39 is 9.84 Å². The van der Waals surface area contributed by atoms with Crippen LogP contribution in [0.3, 0.4) is 0 Å². The maximum Gasteiger partial charge on any atom is 0.150 e. The van der Waals surface area contributed by atoms with Gasteiger partial charge in [0.1, 0.15) is 5.82 Å². The number of hydrogen-bond donors (Lipinski definition) is 1. The van der Waals surface area contributed by atoms with Crippen LogP contribution in [0, 0.1) is 5.92 Å². The highest BCUT2D eigenvalue weighted by molar-refractivity contribution is 7.91. The average Bonchev–Trinajstić information content (AvgIpc) is 2.84. The summed E-state index contributed by atoms with van der Waals surface area (Å²) in [5.74, 6) is 1.56. The van der Waals surface area contributed by atoms with Crippen LogP contribution in [0.25, 0.3) is 0 Å². The lowest BCUT2D eigenvalue weighted by Gasteiger charge is -2.17. The topological polar surface area (TPSA) is 78.0 Å². The summed E-state index contributed by atoms with van der Waals surface area (Å²) in [6.45, 7) is 2.92. The van der Waals surface area contributed by atoms with Gasteiger partial charge in [-0.3, -0.25) is 0 Å². The van der Waals surface area contributed by atoms with Crippen LogP contribution in [0.4, 0.5) is 0 Å². The summed E-state index contributed by atoms with van der Waals surface area (Å²) in [5.41, 5.74) is 6.10. The number of rotatable bonds is 4. The largest absolute Gasteiger partial charge is 0.335 e. The van der Waals surface area contributed by atoms with Crippen LogP contribution in [-0.2, 0) is 22.8 Å². The van der Waals surface area contributed by atoms with Crippen LogP contribution >= 0.6 is 0 Å². The molecule has 0 amide bonds. The predicted molar refractivity (Wildman–Crippen MR) is 66.3 cm³/mol. The normalized spacial score (nSPS) is 24.9. The minimum absolute atomic E-state index is 0.0852. The van der Waals surface area contributed by atoms with Crippen molar-refractivity contribution < 1.29 is 8.42 Å². The molecule has 0 aliphatic carbocycles. The molecule has 6 heteroatoms. The first kappa shape index (κ1) is 12.6. The Morgan fingerprint density at radius 3 is 3.00 bits per heavy atom. The van der Waals surface area contributed by atoms with Gasteiger partial charge in [-0.15, -0.1) is 0 Å². The zero-order chi connectivity index (χ0) is 12.5. The molecule has 1 aromatic rings. The fourth-order valence-electron chi connectivity index (χ4n) is 2.36. The molecule has 1 saturated heterocycles. The summed E-state index contributed by atoms with van der Waals surface area (Å²) < 4.78 is 24.8. The lowest BCUT2D eigenvalue weighted by Crippen LogP contribution is -2.34. The molecule has 0 bridgehead atoms. The Bertz CT molecular complexity index is 481. The number of aryl methyl sites for hydroxylation is 1. The summed E-state index contributed by atoms with van der Waals surface area (Å²) in [4.78, 5) is 4.27. The first-order valence-electron chi connectivity index (χ1n) is 5.98. The van der Waals surface area contributed by atoms with Gasteiger partial charge in [-0.05, 0) is 19.3 Å². The molecule has 0 aromatic carbocycles. The molecule has 0 radical (unpaired) electrons. The van der Waals surface area contributed by atoms with E-state index in [9.17, 15) is 8.42 Å². The van der Waals surface area contributed by atoms with Crippen LogP contribution in [0.15, 0.2) is 12.4 Å². The van der Waals surface area contributed by atoms with Crippen molar-refractivity contribution in [2.75, 3.05) is 11.5 Å². The second kappa shape index (κ2) is 4.78. The van der Waals surface area contributed by atoms with Gasteiger partial charge in [0.2, 0.25) is 0 Å². The van der Waals surface area contributed by atoms with E-state index >= 15 is 0 Å². The van der Waals surface area contributed by atoms with Crippen LogP contribution < -0.4 is 5.73 Å². The van der Waals surface area contributed by atoms with Crippen LogP contribution in [0.1, 0.15) is 19.2 Å². The van der Waals surface area contributed by atoms with E-state index in [0.29, 0.717) is 12.8 Å². The molecular weight excluding hydrogens is 238 g/mol. The molecule has 0 spiro atoms. The minimum Gasteiger partial charge on any atom is -0.335 e. The maximum absolute atomic E-state index is 11.4. The van der Waals surface area contributed by atoms with Crippen molar-refractivity contribution in [3.63, 3.8) is 0 Å². The highest BCUT2D eigenvalue weighted by Crippen LogP contribution is 2.22. The molecule has 2 atom stereocenters. The molecule has 1 aliphatic rings. The van der Waals surface area contributed by atoms with Crippen LogP contribution in [0.5, 0.6) is 0 Å². The van der Waals surface area contributed by atoms with E-state index in [-0.39, 0.29) is 23.5 Å². The Balaban J connectivity index is 2.00. The van der Waals surface area contributed by atoms with Gasteiger partial charge in [0.25, 0.3) is 0 Å². The summed E-state index contributed by atoms with van der Waals surface area (Å²) >= 11 is 0. The van der Waals surface area contributed by atoms with Gasteiger partial charge in [-0.1, -0.05) is 0 Å². The van der Waals surface area contributed by atoms with Crippen molar-refractivity contribution in [2.24, 2.45) is 11.7 Å². The zero-order valence-electron chi connectivity index (χ0n) is 10.0. The molecule has 17 heavy (non-hydrogen) atoms. The van der Waals surface area contributed by atoms with Crippen LogP contribution in [-0.4, -0.2) is 35.5 Å². The molecule has 2 rings (SSSR count). The van der Waals surface area contributed by atoms with Gasteiger partial charge in [-0.2, -0.15) is 0 Å². The molecule has 2 unspecified atom stereocenters. The van der Waals surface area contributed by atoms with Crippen molar-refractivity contribution in [1.29, 1.82) is 0 Å². The minimum atomic E-state index is -2.84. The number of hydrogen-bond acceptors (Lipinski definition) is 4. The van der Waals surface area contributed by atoms with Crippen molar-refractivity contribution in [1.82, 2.24) is 9.55 Å². The second-order valence-corrected chi connectivity index (χ2v) is 6.89. The third-order valence-electron chi connectivity index (χ3n) is 3.43. The molecule has 1 aromatic heterocycles. The van der Waals surface area contributed by atoms with E-state index in [1.165, 1.54) is 0 Å². The highest BCUT2D eigenvalue weighted by atomic mass is 32.2. The van der Waals surface area contributed by atoms with Gasteiger partial charge in [0.05, 0.1) is 11.5 Å². The van der Waals surface area contributed by atoms with E-state index in [4.69, 9.17) is 5.73 Å². The molecule has 5 nitrogen and oxygen atoms in total. The smallest absolute Gasteiger partial charge is 0.150 e. The predicted octanol–water partition coefficient (Wildman–Crippen LogP) is 0.207. The van der Waals surface area contributed by atoms with Crippen molar-refractivity contribution in [3.8, 4) is 0 Å². The number of sulfone groups is 1. The van der Waals surface area contributed by atoms with Gasteiger partial charge < -0.3 is 10.3 Å². The highest BCUT2D eigenvalue weighted by Gasteiger charge is 2.32. The van der Waals surface area contributed by atoms with Crippen molar-refractivity contribution in [3.05, 3.63) is 18.2 Å². The van der Waals surface area contributed by atoms with E-state index in [1.54, 1.807) is 6.20 Å². The van der Waals surface area contributed by atoms with Gasteiger partial charge in [0, 0.05) is 31.4 Å². The third-order valence-corrected chi connectivity index (χ3v) is 5.23. The SMILES string of the molecule is CCn1ccnc1CC(N)C1CCS(=O)(=O)C1. The van der Waals surface area contributed by atoms with Gasteiger partial charge in [-0.25, -0.2) is 13.4 Å². The molecule has 2 N–H and O–H groups in total. The molecular formula is C11H19N3O2S. The Morgan fingerprint density at radius 1 is 1.65 bits per heavy atom.